The summed E-state index contributed by atoms with van der Waals surface area (Å²) in [5.41, 5.74) is 4.52. The molecule has 2 aliphatic carbocycles. The van der Waals surface area contributed by atoms with Gasteiger partial charge in [0.15, 0.2) is 0 Å². The van der Waals surface area contributed by atoms with Crippen LogP contribution in [0.4, 0.5) is 0 Å². The van der Waals surface area contributed by atoms with E-state index in [9.17, 15) is 0 Å². The average molecular weight is 252 g/mol. The Labute approximate surface area is 111 Å². The fraction of sp³-hybridized carbons (Fsp3) is 0.867. The molecule has 0 aromatic carbocycles. The molecule has 2 aliphatic rings. The molecule has 0 spiro atoms. The maximum absolute atomic E-state index is 6.15. The summed E-state index contributed by atoms with van der Waals surface area (Å²) < 4.78 is 6.15. The largest absolute Gasteiger partial charge is 0.373 e. The van der Waals surface area contributed by atoms with Crippen LogP contribution in [0, 0.1) is 0 Å². The second kappa shape index (κ2) is 6.69. The Bertz CT molecular complexity index is 282. The van der Waals surface area contributed by atoms with E-state index in [0.717, 1.165) is 19.4 Å². The molecule has 1 fully saturated rings. The standard InChI is InChI=1S/C15H28N2O/c1-2-18-15(11-7-8-12-15)14(17-16)13-9-5-3-4-6-10-13/h9,14,17H,2-8,10-12,16H2,1H3. The summed E-state index contributed by atoms with van der Waals surface area (Å²) in [6.07, 6.45) is 13.6. The number of ether oxygens (including phenoxy) is 1. The maximum atomic E-state index is 6.15. The van der Waals surface area contributed by atoms with Crippen molar-refractivity contribution in [2.24, 2.45) is 5.84 Å². The van der Waals surface area contributed by atoms with E-state index in [0.29, 0.717) is 0 Å². The van der Waals surface area contributed by atoms with Crippen molar-refractivity contribution < 1.29 is 4.74 Å². The first-order valence-electron chi connectivity index (χ1n) is 7.61. The summed E-state index contributed by atoms with van der Waals surface area (Å²) in [5, 5.41) is 0. The smallest absolute Gasteiger partial charge is 0.0885 e. The molecule has 0 saturated heterocycles. The van der Waals surface area contributed by atoms with Gasteiger partial charge < -0.3 is 4.74 Å². The van der Waals surface area contributed by atoms with Crippen molar-refractivity contribution in [1.29, 1.82) is 0 Å². The van der Waals surface area contributed by atoms with Crippen LogP contribution in [-0.2, 0) is 4.74 Å². The zero-order chi connectivity index (χ0) is 12.8. The van der Waals surface area contributed by atoms with Crippen LogP contribution in [-0.4, -0.2) is 18.2 Å². The molecule has 0 aliphatic heterocycles. The first-order chi connectivity index (χ1) is 8.82. The second-order valence-electron chi connectivity index (χ2n) is 5.68. The molecule has 1 saturated carbocycles. The van der Waals surface area contributed by atoms with Gasteiger partial charge in [0.25, 0.3) is 0 Å². The van der Waals surface area contributed by atoms with Crippen LogP contribution < -0.4 is 11.3 Å². The third-order valence-corrected chi connectivity index (χ3v) is 4.52. The van der Waals surface area contributed by atoms with Gasteiger partial charge in [0.05, 0.1) is 11.6 Å². The Hall–Kier alpha value is -0.380. The highest BCUT2D eigenvalue weighted by Gasteiger charge is 2.43. The van der Waals surface area contributed by atoms with Gasteiger partial charge in [0.1, 0.15) is 0 Å². The van der Waals surface area contributed by atoms with Gasteiger partial charge in [-0.1, -0.05) is 30.9 Å². The molecule has 18 heavy (non-hydrogen) atoms. The van der Waals surface area contributed by atoms with E-state index in [1.807, 2.05) is 0 Å². The Kier molecular flexibility index (Phi) is 5.22. The van der Waals surface area contributed by atoms with Gasteiger partial charge in [0.2, 0.25) is 0 Å². The number of hydrogen-bond acceptors (Lipinski definition) is 3. The fourth-order valence-corrected chi connectivity index (χ4v) is 3.68. The van der Waals surface area contributed by atoms with E-state index in [4.69, 9.17) is 10.6 Å². The van der Waals surface area contributed by atoms with Gasteiger partial charge in [-0.25, -0.2) is 0 Å². The van der Waals surface area contributed by atoms with Crippen LogP contribution in [0.5, 0.6) is 0 Å². The van der Waals surface area contributed by atoms with E-state index in [1.54, 1.807) is 0 Å². The van der Waals surface area contributed by atoms with E-state index >= 15 is 0 Å². The third kappa shape index (κ3) is 2.95. The SMILES string of the molecule is CCOC1(C(NN)C2=CCCCCC2)CCCC1. The summed E-state index contributed by atoms with van der Waals surface area (Å²) in [6, 6.07) is 0.220. The number of hydrogen-bond donors (Lipinski definition) is 2. The first kappa shape index (κ1) is 14.0. The molecule has 0 bridgehead atoms. The number of rotatable bonds is 5. The van der Waals surface area contributed by atoms with Gasteiger partial charge in [0, 0.05) is 6.61 Å². The maximum Gasteiger partial charge on any atom is 0.0885 e. The molecule has 3 N–H and O–H groups in total. The Morgan fingerprint density at radius 1 is 1.28 bits per heavy atom. The highest BCUT2D eigenvalue weighted by molar-refractivity contribution is 5.19. The van der Waals surface area contributed by atoms with Crippen molar-refractivity contribution >= 4 is 0 Å². The minimum atomic E-state index is -0.0420. The lowest BCUT2D eigenvalue weighted by atomic mass is 9.85. The lowest BCUT2D eigenvalue weighted by Crippen LogP contribution is -2.54. The van der Waals surface area contributed by atoms with Crippen molar-refractivity contribution in [2.75, 3.05) is 6.61 Å². The summed E-state index contributed by atoms with van der Waals surface area (Å²) >= 11 is 0. The minimum absolute atomic E-state index is 0.0420. The predicted molar refractivity (Wildman–Crippen MR) is 75.1 cm³/mol. The van der Waals surface area contributed by atoms with Crippen LogP contribution in [0.25, 0.3) is 0 Å². The quantitative estimate of drug-likeness (QED) is 0.449. The Balaban J connectivity index is 2.16. The predicted octanol–water partition coefficient (Wildman–Crippen LogP) is 3.06. The molecule has 0 amide bonds. The highest BCUT2D eigenvalue weighted by Crippen LogP contribution is 2.40. The zero-order valence-electron chi connectivity index (χ0n) is 11.7. The zero-order valence-corrected chi connectivity index (χ0v) is 11.7. The van der Waals surface area contributed by atoms with Crippen molar-refractivity contribution in [1.82, 2.24) is 5.43 Å². The van der Waals surface area contributed by atoms with E-state index < -0.39 is 0 Å². The van der Waals surface area contributed by atoms with Gasteiger partial charge in [-0.3, -0.25) is 11.3 Å². The molecule has 3 heteroatoms. The van der Waals surface area contributed by atoms with E-state index in [-0.39, 0.29) is 11.6 Å². The second-order valence-corrected chi connectivity index (χ2v) is 5.68. The summed E-state index contributed by atoms with van der Waals surface area (Å²) in [4.78, 5) is 0. The highest BCUT2D eigenvalue weighted by atomic mass is 16.5. The van der Waals surface area contributed by atoms with Crippen molar-refractivity contribution in [3.63, 3.8) is 0 Å². The lowest BCUT2D eigenvalue weighted by Gasteiger charge is -2.38. The van der Waals surface area contributed by atoms with Crippen LogP contribution in [0.15, 0.2) is 11.6 Å². The molecule has 0 heterocycles. The van der Waals surface area contributed by atoms with E-state index in [2.05, 4.69) is 18.4 Å². The Morgan fingerprint density at radius 2 is 2.06 bits per heavy atom. The molecule has 104 valence electrons. The van der Waals surface area contributed by atoms with Gasteiger partial charge >= 0.3 is 0 Å². The monoisotopic (exact) mass is 252 g/mol. The van der Waals surface area contributed by atoms with Crippen LogP contribution in [0.2, 0.25) is 0 Å². The van der Waals surface area contributed by atoms with Crippen molar-refractivity contribution in [3.8, 4) is 0 Å². The molecule has 0 aromatic rings. The average Bonchev–Trinajstić information content (AvgIpc) is 2.68. The Morgan fingerprint density at radius 3 is 2.72 bits per heavy atom. The number of hydrazine groups is 1. The topological polar surface area (TPSA) is 47.3 Å². The van der Waals surface area contributed by atoms with Gasteiger partial charge in [-0.2, -0.15) is 0 Å². The summed E-state index contributed by atoms with van der Waals surface area (Å²) in [7, 11) is 0. The first-order valence-corrected chi connectivity index (χ1v) is 7.61. The van der Waals surface area contributed by atoms with Gasteiger partial charge in [-0.05, 0) is 45.4 Å². The molecule has 0 aromatic heterocycles. The summed E-state index contributed by atoms with van der Waals surface area (Å²) in [5.74, 6) is 5.88. The number of nitrogens with one attached hydrogen (secondary N) is 1. The molecule has 1 unspecified atom stereocenters. The number of nitrogens with two attached hydrogens (primary N) is 1. The fourth-order valence-electron chi connectivity index (χ4n) is 3.68. The molecule has 1 atom stereocenters. The van der Waals surface area contributed by atoms with Crippen LogP contribution >= 0.6 is 0 Å². The molecule has 2 rings (SSSR count). The van der Waals surface area contributed by atoms with E-state index in [1.165, 1.54) is 50.5 Å². The minimum Gasteiger partial charge on any atom is -0.373 e. The van der Waals surface area contributed by atoms with Crippen LogP contribution in [0.1, 0.15) is 64.7 Å². The van der Waals surface area contributed by atoms with Crippen molar-refractivity contribution in [3.05, 3.63) is 11.6 Å². The third-order valence-electron chi connectivity index (χ3n) is 4.52. The molecular weight excluding hydrogens is 224 g/mol. The van der Waals surface area contributed by atoms with Gasteiger partial charge in [-0.15, -0.1) is 0 Å². The molecule has 3 nitrogen and oxygen atoms in total. The molecular formula is C15H28N2O. The van der Waals surface area contributed by atoms with Crippen molar-refractivity contribution in [2.45, 2.75) is 76.4 Å². The summed E-state index contributed by atoms with van der Waals surface area (Å²) in [6.45, 7) is 2.88. The molecule has 0 radical (unpaired) electrons. The van der Waals surface area contributed by atoms with Crippen LogP contribution in [0.3, 0.4) is 0 Å². The number of allylic oxidation sites excluding steroid dienone is 1. The lowest BCUT2D eigenvalue weighted by molar-refractivity contribution is -0.0535. The normalized spacial score (nSPS) is 25.6.